The Morgan fingerprint density at radius 1 is 1.08 bits per heavy atom. The number of nitrogens with one attached hydrogen (secondary N) is 1. The molecule has 2 aromatic carbocycles. The van der Waals surface area contributed by atoms with Gasteiger partial charge in [0.2, 0.25) is 0 Å². The lowest BCUT2D eigenvalue weighted by Gasteiger charge is -2.38. The fraction of sp³-hybridized carbons (Fsp3) is 0.400. The Kier molecular flexibility index (Phi) is 6.19. The van der Waals surface area contributed by atoms with Crippen LogP contribution in [0.15, 0.2) is 54.6 Å². The third-order valence-corrected chi connectivity index (χ3v) is 4.55. The predicted molar refractivity (Wildman–Crippen MR) is 96.4 cm³/mol. The van der Waals surface area contributed by atoms with Crippen molar-refractivity contribution in [2.45, 2.75) is 18.6 Å². The highest BCUT2D eigenvalue weighted by Gasteiger charge is 2.44. The number of rotatable bonds is 7. The van der Waals surface area contributed by atoms with Crippen LogP contribution in [0.4, 0.5) is 8.78 Å². The van der Waals surface area contributed by atoms with Gasteiger partial charge < -0.3 is 15.2 Å². The SMILES string of the molecule is OCC(F)(F)[C@@H](c1cccc(OCc2ccccc2)c1)N1CCNCC1. The summed E-state index contributed by atoms with van der Waals surface area (Å²) in [6.45, 7) is 1.52. The third-order valence-electron chi connectivity index (χ3n) is 4.55. The fourth-order valence-electron chi connectivity index (χ4n) is 3.26. The summed E-state index contributed by atoms with van der Waals surface area (Å²) in [7, 11) is 0. The van der Waals surface area contributed by atoms with Crippen LogP contribution < -0.4 is 10.1 Å². The monoisotopic (exact) mass is 362 g/mol. The molecule has 0 spiro atoms. The van der Waals surface area contributed by atoms with E-state index in [1.54, 1.807) is 29.2 Å². The second kappa shape index (κ2) is 8.58. The molecule has 1 saturated heterocycles. The van der Waals surface area contributed by atoms with Crippen molar-refractivity contribution < 1.29 is 18.6 Å². The van der Waals surface area contributed by atoms with Crippen molar-refractivity contribution in [3.8, 4) is 5.75 Å². The average molecular weight is 362 g/mol. The quantitative estimate of drug-likeness (QED) is 0.795. The van der Waals surface area contributed by atoms with Crippen molar-refractivity contribution in [1.82, 2.24) is 10.2 Å². The van der Waals surface area contributed by atoms with E-state index < -0.39 is 18.6 Å². The molecule has 1 aliphatic heterocycles. The summed E-state index contributed by atoms with van der Waals surface area (Å²) in [5.41, 5.74) is 1.47. The summed E-state index contributed by atoms with van der Waals surface area (Å²) in [5.74, 6) is -2.68. The summed E-state index contributed by atoms with van der Waals surface area (Å²) in [6, 6.07) is 15.3. The first-order valence-electron chi connectivity index (χ1n) is 8.80. The zero-order valence-electron chi connectivity index (χ0n) is 14.6. The van der Waals surface area contributed by atoms with Crippen molar-refractivity contribution in [2.75, 3.05) is 32.8 Å². The molecule has 1 fully saturated rings. The highest BCUT2D eigenvalue weighted by molar-refractivity contribution is 5.32. The number of hydrogen-bond donors (Lipinski definition) is 2. The topological polar surface area (TPSA) is 44.7 Å². The Bertz CT molecular complexity index is 691. The molecule has 0 saturated carbocycles. The molecule has 0 aliphatic carbocycles. The molecule has 3 rings (SSSR count). The molecule has 140 valence electrons. The molecular weight excluding hydrogens is 338 g/mol. The van der Waals surface area contributed by atoms with Crippen LogP contribution in [-0.4, -0.2) is 48.7 Å². The minimum absolute atomic E-state index is 0.374. The number of aliphatic hydroxyl groups excluding tert-OH is 1. The van der Waals surface area contributed by atoms with Crippen molar-refractivity contribution in [2.24, 2.45) is 0 Å². The van der Waals surface area contributed by atoms with Crippen LogP contribution in [-0.2, 0) is 6.61 Å². The Morgan fingerprint density at radius 2 is 1.81 bits per heavy atom. The lowest BCUT2D eigenvalue weighted by atomic mass is 9.98. The number of nitrogens with zero attached hydrogens (tertiary/aromatic N) is 1. The summed E-state index contributed by atoms with van der Waals surface area (Å²) >= 11 is 0. The Balaban J connectivity index is 1.80. The normalized spacial score (nSPS) is 17.0. The predicted octanol–water partition coefficient (Wildman–Crippen LogP) is 2.84. The van der Waals surface area contributed by atoms with Gasteiger partial charge in [-0.25, -0.2) is 8.78 Å². The highest BCUT2D eigenvalue weighted by atomic mass is 19.3. The summed E-state index contributed by atoms with van der Waals surface area (Å²) < 4.78 is 34.8. The van der Waals surface area contributed by atoms with Crippen LogP contribution in [0.3, 0.4) is 0 Å². The van der Waals surface area contributed by atoms with Gasteiger partial charge in [0.05, 0.1) is 0 Å². The van der Waals surface area contributed by atoms with Crippen LogP contribution in [0.1, 0.15) is 17.2 Å². The first-order valence-corrected chi connectivity index (χ1v) is 8.80. The van der Waals surface area contributed by atoms with Gasteiger partial charge in [-0.3, -0.25) is 4.90 Å². The van der Waals surface area contributed by atoms with E-state index in [-0.39, 0.29) is 0 Å². The Labute approximate surface area is 152 Å². The molecule has 0 aromatic heterocycles. The minimum Gasteiger partial charge on any atom is -0.489 e. The Morgan fingerprint density at radius 3 is 2.50 bits per heavy atom. The molecule has 0 radical (unpaired) electrons. The number of aliphatic hydroxyl groups is 1. The summed E-state index contributed by atoms with van der Waals surface area (Å²) in [5, 5.41) is 12.4. The zero-order valence-corrected chi connectivity index (χ0v) is 14.6. The van der Waals surface area contributed by atoms with Gasteiger partial charge in [-0.15, -0.1) is 0 Å². The first kappa shape index (κ1) is 18.8. The van der Waals surface area contributed by atoms with E-state index >= 15 is 0 Å². The Hall–Kier alpha value is -2.02. The first-order chi connectivity index (χ1) is 12.6. The van der Waals surface area contributed by atoms with Gasteiger partial charge in [0, 0.05) is 26.2 Å². The number of ether oxygens (including phenoxy) is 1. The average Bonchev–Trinajstić information content (AvgIpc) is 2.68. The largest absolute Gasteiger partial charge is 0.489 e. The van der Waals surface area contributed by atoms with E-state index in [0.717, 1.165) is 5.56 Å². The lowest BCUT2D eigenvalue weighted by molar-refractivity contribution is -0.118. The summed E-state index contributed by atoms with van der Waals surface area (Å²) in [6.07, 6.45) is 0. The molecule has 4 nitrogen and oxygen atoms in total. The minimum atomic E-state index is -3.23. The molecular formula is C20H24F2N2O2. The van der Waals surface area contributed by atoms with E-state index in [1.165, 1.54) is 0 Å². The molecule has 1 heterocycles. The molecule has 26 heavy (non-hydrogen) atoms. The van der Waals surface area contributed by atoms with Gasteiger partial charge in [-0.2, -0.15) is 0 Å². The number of alkyl halides is 2. The van der Waals surface area contributed by atoms with E-state index in [2.05, 4.69) is 5.32 Å². The molecule has 1 atom stereocenters. The summed E-state index contributed by atoms with van der Waals surface area (Å²) in [4.78, 5) is 1.73. The number of halogens is 2. The molecule has 6 heteroatoms. The molecule has 0 amide bonds. The van der Waals surface area contributed by atoms with E-state index in [0.29, 0.717) is 44.1 Å². The maximum Gasteiger partial charge on any atom is 0.289 e. The van der Waals surface area contributed by atoms with E-state index in [4.69, 9.17) is 4.74 Å². The van der Waals surface area contributed by atoms with Crippen LogP contribution in [0, 0.1) is 0 Å². The van der Waals surface area contributed by atoms with Crippen molar-refractivity contribution in [3.05, 3.63) is 65.7 Å². The van der Waals surface area contributed by atoms with Crippen LogP contribution in [0.2, 0.25) is 0 Å². The lowest BCUT2D eigenvalue weighted by Crippen LogP contribution is -2.51. The maximum absolute atomic E-state index is 14.5. The zero-order chi connectivity index (χ0) is 18.4. The van der Waals surface area contributed by atoms with E-state index in [9.17, 15) is 13.9 Å². The molecule has 2 aromatic rings. The second-order valence-corrected chi connectivity index (χ2v) is 6.45. The molecule has 0 unspecified atom stereocenters. The maximum atomic E-state index is 14.5. The smallest absolute Gasteiger partial charge is 0.289 e. The highest BCUT2D eigenvalue weighted by Crippen LogP contribution is 2.37. The van der Waals surface area contributed by atoms with Crippen molar-refractivity contribution in [1.29, 1.82) is 0 Å². The van der Waals surface area contributed by atoms with Crippen LogP contribution in [0.5, 0.6) is 5.75 Å². The van der Waals surface area contributed by atoms with Crippen molar-refractivity contribution >= 4 is 0 Å². The van der Waals surface area contributed by atoms with Crippen molar-refractivity contribution in [3.63, 3.8) is 0 Å². The standard InChI is InChI=1S/C20H24F2N2O2/c21-20(22,15-25)19(24-11-9-23-10-12-24)17-7-4-8-18(13-17)26-14-16-5-2-1-3-6-16/h1-8,13,19,23,25H,9-12,14-15H2/t19-/m1/s1. The van der Waals surface area contributed by atoms with E-state index in [1.807, 2.05) is 30.3 Å². The number of benzene rings is 2. The second-order valence-electron chi connectivity index (χ2n) is 6.45. The fourth-order valence-corrected chi connectivity index (χ4v) is 3.26. The number of hydrogen-bond acceptors (Lipinski definition) is 4. The van der Waals surface area contributed by atoms with Gasteiger partial charge in [0.25, 0.3) is 5.92 Å². The number of piperazine rings is 1. The van der Waals surface area contributed by atoms with Gasteiger partial charge in [-0.1, -0.05) is 42.5 Å². The van der Waals surface area contributed by atoms with Crippen LogP contribution in [0.25, 0.3) is 0 Å². The van der Waals surface area contributed by atoms with Gasteiger partial charge in [-0.05, 0) is 23.3 Å². The third kappa shape index (κ3) is 4.58. The molecule has 0 bridgehead atoms. The molecule has 2 N–H and O–H groups in total. The van der Waals surface area contributed by atoms with Gasteiger partial charge in [0.1, 0.15) is 25.0 Å². The van der Waals surface area contributed by atoms with Gasteiger partial charge in [0.15, 0.2) is 0 Å². The van der Waals surface area contributed by atoms with Crippen LogP contribution >= 0.6 is 0 Å². The molecule has 1 aliphatic rings. The van der Waals surface area contributed by atoms with Gasteiger partial charge >= 0.3 is 0 Å².